The van der Waals surface area contributed by atoms with Crippen LogP contribution < -0.4 is 0 Å². The minimum atomic E-state index is 0.188. The Hall–Kier alpha value is -2.53. The summed E-state index contributed by atoms with van der Waals surface area (Å²) < 4.78 is 1.98. The summed E-state index contributed by atoms with van der Waals surface area (Å²) in [5.41, 5.74) is 2.62. The molecule has 0 radical (unpaired) electrons. The summed E-state index contributed by atoms with van der Waals surface area (Å²) in [5, 5.41) is 20.4. The van der Waals surface area contributed by atoms with Crippen LogP contribution in [0.5, 0.6) is 5.88 Å². The molecule has 3 aromatic rings. The average Bonchev–Trinajstić information content (AvgIpc) is 3.03. The zero-order valence-electron chi connectivity index (χ0n) is 16.6. The standard InChI is InChI=1S/C24H27N3OS/c28-24-23(26-25-22(29)17-19-11-5-2-6-12-19)20-13-7-8-14-21(20)27(24)16-15-18-9-3-1-4-10-18/h2,5-8,11-14,18,28H,1,3-4,9-10,15-17H2. The smallest absolute Gasteiger partial charge is 0.220 e. The first-order chi connectivity index (χ1) is 14.2. The molecule has 1 aliphatic rings. The minimum Gasteiger partial charge on any atom is -0.493 e. The molecule has 4 nitrogen and oxygen atoms in total. The first kappa shape index (κ1) is 19.8. The quantitative estimate of drug-likeness (QED) is 0.355. The van der Waals surface area contributed by atoms with Crippen molar-refractivity contribution < 1.29 is 5.11 Å². The first-order valence-corrected chi connectivity index (χ1v) is 10.9. The Morgan fingerprint density at radius 2 is 1.72 bits per heavy atom. The molecule has 1 fully saturated rings. The number of azo groups is 1. The van der Waals surface area contributed by atoms with Gasteiger partial charge in [-0.25, -0.2) is 0 Å². The van der Waals surface area contributed by atoms with Gasteiger partial charge in [-0.3, -0.25) is 0 Å². The highest BCUT2D eigenvalue weighted by molar-refractivity contribution is 7.80. The number of benzene rings is 2. The number of hydrogen-bond donors (Lipinski definition) is 1. The van der Waals surface area contributed by atoms with Crippen LogP contribution in [-0.2, 0) is 13.0 Å². The highest BCUT2D eigenvalue weighted by atomic mass is 32.1. The molecule has 29 heavy (non-hydrogen) atoms. The molecular weight excluding hydrogens is 378 g/mol. The van der Waals surface area contributed by atoms with E-state index in [-0.39, 0.29) is 5.88 Å². The van der Waals surface area contributed by atoms with E-state index in [1.807, 2.05) is 59.2 Å². The van der Waals surface area contributed by atoms with Crippen LogP contribution >= 0.6 is 12.2 Å². The second kappa shape index (κ2) is 9.31. The zero-order valence-corrected chi connectivity index (χ0v) is 17.4. The van der Waals surface area contributed by atoms with Crippen LogP contribution in [0.2, 0.25) is 0 Å². The minimum absolute atomic E-state index is 0.188. The maximum Gasteiger partial charge on any atom is 0.220 e. The Morgan fingerprint density at radius 3 is 2.52 bits per heavy atom. The number of para-hydroxylation sites is 1. The number of rotatable bonds is 6. The third-order valence-electron chi connectivity index (χ3n) is 5.86. The lowest BCUT2D eigenvalue weighted by Gasteiger charge is -2.21. The summed E-state index contributed by atoms with van der Waals surface area (Å²) in [6.45, 7) is 0.807. The van der Waals surface area contributed by atoms with Crippen LogP contribution in [0.3, 0.4) is 0 Å². The van der Waals surface area contributed by atoms with E-state index < -0.39 is 0 Å². The molecule has 0 saturated heterocycles. The van der Waals surface area contributed by atoms with Gasteiger partial charge < -0.3 is 9.67 Å². The molecule has 0 amide bonds. The van der Waals surface area contributed by atoms with Gasteiger partial charge in [0.25, 0.3) is 0 Å². The summed E-state index contributed by atoms with van der Waals surface area (Å²) >= 11 is 5.40. The number of aromatic hydroxyl groups is 1. The van der Waals surface area contributed by atoms with Crippen molar-refractivity contribution in [3.63, 3.8) is 0 Å². The van der Waals surface area contributed by atoms with Gasteiger partial charge in [0.2, 0.25) is 5.88 Å². The van der Waals surface area contributed by atoms with Crippen molar-refractivity contribution in [2.45, 2.75) is 51.5 Å². The van der Waals surface area contributed by atoms with Crippen molar-refractivity contribution in [2.75, 3.05) is 0 Å². The van der Waals surface area contributed by atoms with Gasteiger partial charge in [0.15, 0.2) is 5.69 Å². The topological polar surface area (TPSA) is 49.9 Å². The fraction of sp³-hybridized carbons (Fsp3) is 0.375. The molecule has 0 unspecified atom stereocenters. The van der Waals surface area contributed by atoms with E-state index >= 15 is 0 Å². The van der Waals surface area contributed by atoms with E-state index in [0.717, 1.165) is 35.3 Å². The van der Waals surface area contributed by atoms with E-state index in [1.54, 1.807) is 0 Å². The molecule has 1 N–H and O–H groups in total. The molecule has 1 saturated carbocycles. The molecule has 0 atom stereocenters. The van der Waals surface area contributed by atoms with Gasteiger partial charge in [-0.15, -0.1) is 10.2 Å². The lowest BCUT2D eigenvalue weighted by atomic mass is 9.87. The van der Waals surface area contributed by atoms with Crippen molar-refractivity contribution in [1.82, 2.24) is 4.57 Å². The van der Waals surface area contributed by atoms with Gasteiger partial charge in [0, 0.05) is 18.4 Å². The van der Waals surface area contributed by atoms with Crippen LogP contribution in [0, 0.1) is 5.92 Å². The Kier molecular flexibility index (Phi) is 6.35. The van der Waals surface area contributed by atoms with Crippen molar-refractivity contribution >= 4 is 33.8 Å². The van der Waals surface area contributed by atoms with Crippen LogP contribution in [0.1, 0.15) is 44.1 Å². The van der Waals surface area contributed by atoms with Crippen LogP contribution in [0.15, 0.2) is 64.8 Å². The average molecular weight is 406 g/mol. The summed E-state index contributed by atoms with van der Waals surface area (Å²) in [5.74, 6) is 0.945. The lowest BCUT2D eigenvalue weighted by Crippen LogP contribution is -2.09. The number of thiocarbonyl (C=S) groups is 1. The molecule has 1 heterocycles. The number of hydrogen-bond acceptors (Lipinski definition) is 3. The third-order valence-corrected chi connectivity index (χ3v) is 6.09. The van der Waals surface area contributed by atoms with E-state index in [1.165, 1.54) is 32.1 Å². The van der Waals surface area contributed by atoms with Crippen LogP contribution in [-0.4, -0.2) is 14.7 Å². The molecule has 1 aromatic heterocycles. The molecular formula is C24H27N3OS. The predicted octanol–water partition coefficient (Wildman–Crippen LogP) is 6.97. The van der Waals surface area contributed by atoms with Crippen molar-refractivity contribution in [2.24, 2.45) is 16.1 Å². The third kappa shape index (κ3) is 4.73. The second-order valence-corrected chi connectivity index (χ2v) is 8.36. The summed E-state index contributed by atoms with van der Waals surface area (Å²) in [6.07, 6.45) is 8.31. The summed E-state index contributed by atoms with van der Waals surface area (Å²) in [7, 11) is 0. The van der Waals surface area contributed by atoms with Crippen LogP contribution in [0.4, 0.5) is 5.69 Å². The Bertz CT molecular complexity index is 1000. The van der Waals surface area contributed by atoms with Gasteiger partial charge in [-0.1, -0.05) is 92.9 Å². The summed E-state index contributed by atoms with van der Waals surface area (Å²) in [4.78, 5) is 0.509. The van der Waals surface area contributed by atoms with E-state index in [0.29, 0.717) is 17.1 Å². The molecule has 5 heteroatoms. The Balaban J connectivity index is 1.54. The molecule has 1 aliphatic carbocycles. The van der Waals surface area contributed by atoms with Crippen molar-refractivity contribution in [1.29, 1.82) is 0 Å². The number of fused-ring (bicyclic) bond motifs is 1. The first-order valence-electron chi connectivity index (χ1n) is 10.5. The number of nitrogens with zero attached hydrogens (tertiary/aromatic N) is 3. The second-order valence-electron chi connectivity index (χ2n) is 7.89. The van der Waals surface area contributed by atoms with E-state index in [2.05, 4.69) is 10.2 Å². The highest BCUT2D eigenvalue weighted by Gasteiger charge is 2.19. The predicted molar refractivity (Wildman–Crippen MR) is 122 cm³/mol. The van der Waals surface area contributed by atoms with Gasteiger partial charge in [-0.05, 0) is 24.0 Å². The fourth-order valence-electron chi connectivity index (χ4n) is 4.30. The Labute approximate surface area is 177 Å². The fourth-order valence-corrected chi connectivity index (χ4v) is 4.50. The van der Waals surface area contributed by atoms with Crippen LogP contribution in [0.25, 0.3) is 10.9 Å². The number of aryl methyl sites for hydroxylation is 1. The molecule has 4 rings (SSSR count). The molecule has 2 aromatic carbocycles. The lowest BCUT2D eigenvalue weighted by molar-refractivity contribution is 0.317. The normalized spacial score (nSPS) is 15.3. The maximum atomic E-state index is 10.9. The Morgan fingerprint density at radius 1 is 1.00 bits per heavy atom. The van der Waals surface area contributed by atoms with Crippen molar-refractivity contribution in [3.05, 3.63) is 60.2 Å². The monoisotopic (exact) mass is 405 g/mol. The van der Waals surface area contributed by atoms with E-state index in [4.69, 9.17) is 12.2 Å². The SMILES string of the molecule is Oc1c(N=NC(=S)Cc2ccccc2)c2ccccc2n1CCC1CCCCC1. The summed E-state index contributed by atoms with van der Waals surface area (Å²) in [6, 6.07) is 18.0. The maximum absolute atomic E-state index is 10.9. The van der Waals surface area contributed by atoms with Crippen molar-refractivity contribution in [3.8, 4) is 5.88 Å². The van der Waals surface area contributed by atoms with Gasteiger partial charge in [-0.2, -0.15) is 0 Å². The molecule has 0 spiro atoms. The zero-order chi connectivity index (χ0) is 20.1. The largest absolute Gasteiger partial charge is 0.493 e. The van der Waals surface area contributed by atoms with Gasteiger partial charge >= 0.3 is 0 Å². The van der Waals surface area contributed by atoms with Gasteiger partial charge in [0.05, 0.1) is 5.52 Å². The van der Waals surface area contributed by atoms with E-state index in [9.17, 15) is 5.11 Å². The molecule has 0 bridgehead atoms. The van der Waals surface area contributed by atoms with Gasteiger partial charge in [0.1, 0.15) is 4.99 Å². The highest BCUT2D eigenvalue weighted by Crippen LogP contribution is 2.39. The number of aromatic nitrogens is 1. The molecule has 0 aliphatic heterocycles. The molecule has 150 valence electrons.